The maximum absolute atomic E-state index is 10.9. The smallest absolute Gasteiger partial charge is 0.303 e. The van der Waals surface area contributed by atoms with Crippen LogP contribution in [0.5, 0.6) is 0 Å². The zero-order valence-corrected chi connectivity index (χ0v) is 15.0. The highest BCUT2D eigenvalue weighted by Crippen LogP contribution is 2.30. The molecule has 7 heteroatoms. The molecule has 0 radical (unpaired) electrons. The molecule has 0 aliphatic heterocycles. The molecule has 1 N–H and O–H groups in total. The highest BCUT2D eigenvalue weighted by molar-refractivity contribution is 9.10. The van der Waals surface area contributed by atoms with E-state index in [-0.39, 0.29) is 12.1 Å². The van der Waals surface area contributed by atoms with Gasteiger partial charge in [-0.2, -0.15) is 0 Å². The lowest BCUT2D eigenvalue weighted by atomic mass is 10.1. The number of nitrogens with zero attached hydrogens (tertiary/aromatic N) is 2. The van der Waals surface area contributed by atoms with Crippen molar-refractivity contribution in [2.45, 2.75) is 19.8 Å². The van der Waals surface area contributed by atoms with Gasteiger partial charge in [0.1, 0.15) is 0 Å². The number of benzene rings is 2. The fourth-order valence-corrected chi connectivity index (χ4v) is 3.30. The number of fused-ring (bicyclic) bond motifs is 1. The molecule has 1 aromatic heterocycles. The van der Waals surface area contributed by atoms with Crippen molar-refractivity contribution in [3.05, 3.63) is 68.3 Å². The molecule has 1 heterocycles. The van der Waals surface area contributed by atoms with E-state index in [2.05, 4.69) is 15.9 Å². The first-order valence-corrected chi connectivity index (χ1v) is 8.43. The van der Waals surface area contributed by atoms with Crippen molar-refractivity contribution in [2.75, 3.05) is 0 Å². The molecule has 25 heavy (non-hydrogen) atoms. The number of carboxylic acids is 1. The lowest BCUT2D eigenvalue weighted by Gasteiger charge is -2.09. The van der Waals surface area contributed by atoms with Crippen molar-refractivity contribution in [3.63, 3.8) is 0 Å². The third kappa shape index (κ3) is 3.41. The number of carboxylic acid groups (broad SMARTS) is 1. The van der Waals surface area contributed by atoms with Gasteiger partial charge in [0.25, 0.3) is 5.69 Å². The lowest BCUT2D eigenvalue weighted by molar-refractivity contribution is -0.384. The quantitative estimate of drug-likeness (QED) is 0.497. The molecule has 3 rings (SSSR count). The van der Waals surface area contributed by atoms with Gasteiger partial charge in [0.15, 0.2) is 0 Å². The number of aryl methyl sites for hydroxylation is 2. The van der Waals surface area contributed by atoms with Gasteiger partial charge in [-0.1, -0.05) is 15.9 Å². The Morgan fingerprint density at radius 3 is 2.68 bits per heavy atom. The summed E-state index contributed by atoms with van der Waals surface area (Å²) < 4.78 is 2.87. The first-order chi connectivity index (χ1) is 11.9. The second-order valence-electron chi connectivity index (χ2n) is 5.81. The summed E-state index contributed by atoms with van der Waals surface area (Å²) in [5.41, 5.74) is 3.52. The first-order valence-electron chi connectivity index (χ1n) is 7.63. The van der Waals surface area contributed by atoms with E-state index >= 15 is 0 Å². The third-order valence-corrected chi connectivity index (χ3v) is 4.60. The van der Waals surface area contributed by atoms with Gasteiger partial charge in [-0.3, -0.25) is 14.9 Å². The van der Waals surface area contributed by atoms with Crippen LogP contribution in [0.2, 0.25) is 0 Å². The van der Waals surface area contributed by atoms with Crippen LogP contribution in [0.15, 0.2) is 47.1 Å². The van der Waals surface area contributed by atoms with Crippen LogP contribution in [0.4, 0.5) is 5.69 Å². The summed E-state index contributed by atoms with van der Waals surface area (Å²) in [5.74, 6) is -0.845. The van der Waals surface area contributed by atoms with Crippen molar-refractivity contribution < 1.29 is 14.8 Å². The van der Waals surface area contributed by atoms with Gasteiger partial charge >= 0.3 is 5.97 Å². The molecule has 128 valence electrons. The third-order valence-electron chi connectivity index (χ3n) is 4.11. The average Bonchev–Trinajstić information content (AvgIpc) is 2.90. The van der Waals surface area contributed by atoms with E-state index in [0.29, 0.717) is 6.42 Å². The highest BCUT2D eigenvalue weighted by atomic mass is 79.9. The first kappa shape index (κ1) is 17.2. The van der Waals surface area contributed by atoms with Gasteiger partial charge in [-0.25, -0.2) is 0 Å². The molecule has 0 unspecified atom stereocenters. The number of carbonyl (C=O) groups is 1. The number of nitro groups is 1. The topological polar surface area (TPSA) is 85.4 Å². The summed E-state index contributed by atoms with van der Waals surface area (Å²) in [4.78, 5) is 21.5. The zero-order valence-electron chi connectivity index (χ0n) is 13.4. The molecular formula is C18H15BrN2O4. The number of aliphatic carboxylic acids is 1. The molecule has 0 spiro atoms. The molecule has 0 bridgehead atoms. The molecule has 0 saturated heterocycles. The van der Waals surface area contributed by atoms with Gasteiger partial charge in [-0.05, 0) is 48.7 Å². The van der Waals surface area contributed by atoms with Gasteiger partial charge in [0.2, 0.25) is 0 Å². The molecule has 2 aromatic carbocycles. The molecule has 0 atom stereocenters. The van der Waals surface area contributed by atoms with E-state index in [0.717, 1.165) is 32.2 Å². The van der Waals surface area contributed by atoms with E-state index in [4.69, 9.17) is 5.11 Å². The molecule has 0 fully saturated rings. The second kappa shape index (κ2) is 6.68. The Labute approximate surface area is 152 Å². The lowest BCUT2D eigenvalue weighted by Crippen LogP contribution is -1.98. The zero-order chi connectivity index (χ0) is 18.1. The summed E-state index contributed by atoms with van der Waals surface area (Å²) in [5, 5.41) is 20.9. The van der Waals surface area contributed by atoms with Crippen LogP contribution in [0.25, 0.3) is 16.6 Å². The second-order valence-corrected chi connectivity index (χ2v) is 6.72. The monoisotopic (exact) mass is 402 g/mol. The Morgan fingerprint density at radius 1 is 1.28 bits per heavy atom. The van der Waals surface area contributed by atoms with Crippen molar-refractivity contribution in [2.24, 2.45) is 0 Å². The molecule has 3 aromatic rings. The van der Waals surface area contributed by atoms with E-state index in [1.54, 1.807) is 6.07 Å². The van der Waals surface area contributed by atoms with Crippen molar-refractivity contribution >= 4 is 38.5 Å². The van der Waals surface area contributed by atoms with Crippen LogP contribution < -0.4 is 0 Å². The highest BCUT2D eigenvalue weighted by Gasteiger charge is 2.15. The Kier molecular flexibility index (Phi) is 4.59. The summed E-state index contributed by atoms with van der Waals surface area (Å²) >= 11 is 3.45. The Bertz CT molecular complexity index is 994. The number of hydrogen-bond donors (Lipinski definition) is 1. The summed E-state index contributed by atoms with van der Waals surface area (Å²) in [6, 6.07) is 10.6. The van der Waals surface area contributed by atoms with E-state index in [1.807, 2.05) is 35.9 Å². The minimum absolute atomic E-state index is 0.0465. The van der Waals surface area contributed by atoms with Crippen LogP contribution in [0, 0.1) is 17.0 Å². The summed E-state index contributed by atoms with van der Waals surface area (Å²) in [6.07, 6.45) is 2.38. The molecule has 6 nitrogen and oxygen atoms in total. The standard InChI is InChI=1S/C18H15BrN2O4/c1-11-8-14(21(24)25)4-6-16(11)20-10-12(2-7-18(22)23)15-9-13(19)3-5-17(15)20/h3-6,8-10H,2,7H2,1H3,(H,22,23). The number of nitro benzene ring substituents is 1. The van der Waals surface area contributed by atoms with Gasteiger partial charge in [-0.15, -0.1) is 0 Å². The predicted octanol–water partition coefficient (Wildman–Crippen LogP) is 4.63. The van der Waals surface area contributed by atoms with E-state index < -0.39 is 10.9 Å². The number of halogens is 1. The van der Waals surface area contributed by atoms with Gasteiger partial charge in [0, 0.05) is 40.3 Å². The Morgan fingerprint density at radius 2 is 2.04 bits per heavy atom. The fraction of sp³-hybridized carbons (Fsp3) is 0.167. The number of rotatable bonds is 5. The van der Waals surface area contributed by atoms with Crippen LogP contribution in [0.3, 0.4) is 0 Å². The molecule has 0 aliphatic rings. The van der Waals surface area contributed by atoms with Gasteiger partial charge in [0.05, 0.1) is 10.4 Å². The fourth-order valence-electron chi connectivity index (χ4n) is 2.93. The summed E-state index contributed by atoms with van der Waals surface area (Å²) in [7, 11) is 0. The predicted molar refractivity (Wildman–Crippen MR) is 98.3 cm³/mol. The van der Waals surface area contributed by atoms with Crippen molar-refractivity contribution in [1.29, 1.82) is 0 Å². The van der Waals surface area contributed by atoms with Crippen LogP contribution >= 0.6 is 15.9 Å². The van der Waals surface area contributed by atoms with Crippen molar-refractivity contribution in [1.82, 2.24) is 4.57 Å². The summed E-state index contributed by atoms with van der Waals surface area (Å²) in [6.45, 7) is 1.82. The van der Waals surface area contributed by atoms with E-state index in [1.165, 1.54) is 12.1 Å². The van der Waals surface area contributed by atoms with Crippen LogP contribution in [0.1, 0.15) is 17.5 Å². The molecule has 0 saturated carbocycles. The average molecular weight is 403 g/mol. The maximum atomic E-state index is 10.9. The molecular weight excluding hydrogens is 388 g/mol. The van der Waals surface area contributed by atoms with Crippen molar-refractivity contribution in [3.8, 4) is 5.69 Å². The minimum Gasteiger partial charge on any atom is -0.481 e. The SMILES string of the molecule is Cc1cc([N+](=O)[O-])ccc1-n1cc(CCC(=O)O)c2cc(Br)ccc21. The number of hydrogen-bond acceptors (Lipinski definition) is 3. The Balaban J connectivity index is 2.16. The van der Waals surface area contributed by atoms with E-state index in [9.17, 15) is 14.9 Å². The van der Waals surface area contributed by atoms with Crippen LogP contribution in [-0.4, -0.2) is 20.6 Å². The van der Waals surface area contributed by atoms with Crippen LogP contribution in [-0.2, 0) is 11.2 Å². The normalized spacial score (nSPS) is 11.0. The van der Waals surface area contributed by atoms with Gasteiger partial charge < -0.3 is 9.67 Å². The molecule has 0 aliphatic carbocycles. The number of non-ortho nitro benzene ring substituents is 1. The number of aromatic nitrogens is 1. The maximum Gasteiger partial charge on any atom is 0.303 e. The largest absolute Gasteiger partial charge is 0.481 e. The molecule has 0 amide bonds. The minimum atomic E-state index is -0.845. The Hall–Kier alpha value is -2.67.